The second kappa shape index (κ2) is 4.62. The van der Waals surface area contributed by atoms with E-state index in [1.165, 1.54) is 0 Å². The Hall–Kier alpha value is -1.35. The molecule has 0 spiro atoms. The first-order valence-corrected chi connectivity index (χ1v) is 3.95. The molecule has 1 rings (SSSR count). The number of rotatable bonds is 4. The number of aldehydes is 1. The first-order chi connectivity index (χ1) is 6.27. The van der Waals surface area contributed by atoms with Gasteiger partial charge >= 0.3 is 0 Å². The van der Waals surface area contributed by atoms with Crippen molar-refractivity contribution in [3.63, 3.8) is 0 Å². The minimum atomic E-state index is 0.222. The lowest BCUT2D eigenvalue weighted by molar-refractivity contribution is 0.0511. The van der Waals surface area contributed by atoms with Crippen LogP contribution < -0.4 is 4.74 Å². The molecule has 13 heavy (non-hydrogen) atoms. The molecule has 0 N–H and O–H groups in total. The van der Waals surface area contributed by atoms with Crippen LogP contribution in [0.3, 0.4) is 0 Å². The monoisotopic (exact) mass is 180 g/mol. The van der Waals surface area contributed by atoms with E-state index in [9.17, 15) is 4.79 Å². The average molecular weight is 180 g/mol. The van der Waals surface area contributed by atoms with E-state index in [1.807, 2.05) is 13.0 Å². The van der Waals surface area contributed by atoms with E-state index >= 15 is 0 Å². The van der Waals surface area contributed by atoms with Crippen LogP contribution in [0.5, 0.6) is 5.75 Å². The molecule has 0 saturated carbocycles. The highest BCUT2D eigenvalue weighted by Crippen LogP contribution is 2.15. The number of methoxy groups -OCH3 is 1. The molecule has 0 atom stereocenters. The zero-order valence-corrected chi connectivity index (χ0v) is 7.74. The number of carbonyl (C=O) groups is 1. The fraction of sp³-hybridized carbons (Fsp3) is 0.300. The van der Waals surface area contributed by atoms with Crippen molar-refractivity contribution in [3.05, 3.63) is 29.3 Å². The molecule has 1 aromatic carbocycles. The van der Waals surface area contributed by atoms with Gasteiger partial charge in [-0.3, -0.25) is 4.79 Å². The lowest BCUT2D eigenvalue weighted by Crippen LogP contribution is -1.99. The third-order valence-electron chi connectivity index (χ3n) is 1.71. The van der Waals surface area contributed by atoms with E-state index in [0.717, 1.165) is 11.8 Å². The molecule has 0 bridgehead atoms. The standard InChI is InChI=1S/C10H12O3/c1-8-5-10(13-7-12-2)4-3-9(8)6-11/h3-6H,7H2,1-2H3. The van der Waals surface area contributed by atoms with Gasteiger partial charge in [-0.25, -0.2) is 0 Å². The quantitative estimate of drug-likeness (QED) is 0.523. The topological polar surface area (TPSA) is 35.5 Å². The highest BCUT2D eigenvalue weighted by atomic mass is 16.7. The Morgan fingerprint density at radius 3 is 2.77 bits per heavy atom. The molecule has 0 amide bonds. The van der Waals surface area contributed by atoms with E-state index in [-0.39, 0.29) is 6.79 Å². The number of benzene rings is 1. The highest BCUT2D eigenvalue weighted by molar-refractivity contribution is 5.77. The lowest BCUT2D eigenvalue weighted by Gasteiger charge is -2.05. The van der Waals surface area contributed by atoms with Gasteiger partial charge in [0.2, 0.25) is 0 Å². The molecule has 0 fully saturated rings. The maximum atomic E-state index is 10.5. The minimum absolute atomic E-state index is 0.222. The van der Waals surface area contributed by atoms with E-state index in [2.05, 4.69) is 0 Å². The van der Waals surface area contributed by atoms with Crippen molar-refractivity contribution >= 4 is 6.29 Å². The molecule has 1 aromatic rings. The number of hydrogen-bond acceptors (Lipinski definition) is 3. The minimum Gasteiger partial charge on any atom is -0.468 e. The Morgan fingerprint density at radius 1 is 1.46 bits per heavy atom. The maximum absolute atomic E-state index is 10.5. The molecule has 0 heterocycles. The second-order valence-electron chi connectivity index (χ2n) is 2.69. The van der Waals surface area contributed by atoms with Crippen LogP contribution in [0.1, 0.15) is 15.9 Å². The molecular formula is C10H12O3. The number of carbonyl (C=O) groups excluding carboxylic acids is 1. The lowest BCUT2D eigenvalue weighted by atomic mass is 10.1. The maximum Gasteiger partial charge on any atom is 0.188 e. The van der Waals surface area contributed by atoms with Gasteiger partial charge in [0.1, 0.15) is 12.0 Å². The summed E-state index contributed by atoms with van der Waals surface area (Å²) in [5, 5.41) is 0. The van der Waals surface area contributed by atoms with Gasteiger partial charge in [0.25, 0.3) is 0 Å². The summed E-state index contributed by atoms with van der Waals surface area (Å²) < 4.78 is 9.95. The Labute approximate surface area is 77.3 Å². The van der Waals surface area contributed by atoms with Gasteiger partial charge in [-0.1, -0.05) is 0 Å². The van der Waals surface area contributed by atoms with Crippen molar-refractivity contribution in [2.75, 3.05) is 13.9 Å². The van der Waals surface area contributed by atoms with Crippen LogP contribution in [-0.4, -0.2) is 20.2 Å². The third-order valence-corrected chi connectivity index (χ3v) is 1.71. The normalized spacial score (nSPS) is 9.69. The Balaban J connectivity index is 2.77. The van der Waals surface area contributed by atoms with Gasteiger partial charge in [-0.2, -0.15) is 0 Å². The zero-order chi connectivity index (χ0) is 9.68. The number of ether oxygens (including phenoxy) is 2. The zero-order valence-electron chi connectivity index (χ0n) is 7.74. The van der Waals surface area contributed by atoms with Crippen molar-refractivity contribution in [2.24, 2.45) is 0 Å². The molecule has 0 unspecified atom stereocenters. The molecule has 0 aliphatic heterocycles. The van der Waals surface area contributed by atoms with E-state index in [1.54, 1.807) is 19.2 Å². The van der Waals surface area contributed by atoms with Crippen LogP contribution in [0.15, 0.2) is 18.2 Å². The first kappa shape index (κ1) is 9.74. The van der Waals surface area contributed by atoms with Gasteiger partial charge in [-0.05, 0) is 30.7 Å². The molecule has 3 heteroatoms. The van der Waals surface area contributed by atoms with Crippen LogP contribution in [-0.2, 0) is 4.74 Å². The molecule has 0 radical (unpaired) electrons. The smallest absolute Gasteiger partial charge is 0.188 e. The summed E-state index contributed by atoms with van der Waals surface area (Å²) in [6.07, 6.45) is 0.829. The van der Waals surface area contributed by atoms with Gasteiger partial charge in [0.15, 0.2) is 6.79 Å². The average Bonchev–Trinajstić information content (AvgIpc) is 2.15. The van der Waals surface area contributed by atoms with Crippen LogP contribution in [0.2, 0.25) is 0 Å². The van der Waals surface area contributed by atoms with Crippen LogP contribution >= 0.6 is 0 Å². The van der Waals surface area contributed by atoms with Crippen molar-refractivity contribution in [1.29, 1.82) is 0 Å². The summed E-state index contributed by atoms with van der Waals surface area (Å²) >= 11 is 0. The highest BCUT2D eigenvalue weighted by Gasteiger charge is 1.98. The molecular weight excluding hydrogens is 168 g/mol. The van der Waals surface area contributed by atoms with E-state index in [0.29, 0.717) is 11.3 Å². The third kappa shape index (κ3) is 2.56. The molecule has 70 valence electrons. The van der Waals surface area contributed by atoms with Crippen molar-refractivity contribution in [2.45, 2.75) is 6.92 Å². The van der Waals surface area contributed by atoms with Crippen LogP contribution in [0.4, 0.5) is 0 Å². The predicted octanol–water partition coefficient (Wildman–Crippen LogP) is 1.79. The fourth-order valence-electron chi connectivity index (χ4n) is 0.997. The molecule has 0 aliphatic rings. The van der Waals surface area contributed by atoms with Gasteiger partial charge in [0, 0.05) is 12.7 Å². The van der Waals surface area contributed by atoms with Crippen molar-refractivity contribution < 1.29 is 14.3 Å². The summed E-state index contributed by atoms with van der Waals surface area (Å²) in [6, 6.07) is 5.28. The fourth-order valence-corrected chi connectivity index (χ4v) is 0.997. The van der Waals surface area contributed by atoms with Crippen LogP contribution in [0, 0.1) is 6.92 Å². The summed E-state index contributed by atoms with van der Waals surface area (Å²) in [7, 11) is 1.56. The van der Waals surface area contributed by atoms with E-state index in [4.69, 9.17) is 9.47 Å². The summed E-state index contributed by atoms with van der Waals surface area (Å²) in [5.74, 6) is 0.713. The number of hydrogen-bond donors (Lipinski definition) is 0. The molecule has 3 nitrogen and oxygen atoms in total. The van der Waals surface area contributed by atoms with Gasteiger partial charge in [0.05, 0.1) is 0 Å². The van der Waals surface area contributed by atoms with Crippen molar-refractivity contribution in [3.8, 4) is 5.75 Å². The van der Waals surface area contributed by atoms with Gasteiger partial charge in [-0.15, -0.1) is 0 Å². The number of aryl methyl sites for hydroxylation is 1. The van der Waals surface area contributed by atoms with E-state index < -0.39 is 0 Å². The SMILES string of the molecule is COCOc1ccc(C=O)c(C)c1. The van der Waals surface area contributed by atoms with Crippen LogP contribution in [0.25, 0.3) is 0 Å². The Kier molecular flexibility index (Phi) is 3.46. The Bertz CT molecular complexity index is 294. The summed E-state index contributed by atoms with van der Waals surface area (Å²) in [4.78, 5) is 10.5. The first-order valence-electron chi connectivity index (χ1n) is 3.95. The second-order valence-corrected chi connectivity index (χ2v) is 2.69. The van der Waals surface area contributed by atoms with Crippen molar-refractivity contribution in [1.82, 2.24) is 0 Å². The largest absolute Gasteiger partial charge is 0.468 e. The van der Waals surface area contributed by atoms with Gasteiger partial charge < -0.3 is 9.47 Å². The molecule has 0 saturated heterocycles. The summed E-state index contributed by atoms with van der Waals surface area (Å²) in [5.41, 5.74) is 1.59. The summed E-state index contributed by atoms with van der Waals surface area (Å²) in [6.45, 7) is 2.09. The predicted molar refractivity (Wildman–Crippen MR) is 49.1 cm³/mol. The Morgan fingerprint density at radius 2 is 2.23 bits per heavy atom. The molecule has 0 aliphatic carbocycles. The molecule has 0 aromatic heterocycles.